The molecule has 1 heterocycles. The Balaban J connectivity index is 1.61. The maximum atomic E-state index is 13.1. The molecule has 0 amide bonds. The lowest BCUT2D eigenvalue weighted by molar-refractivity contribution is 0.103. The number of carbonyl (C=O) groups excluding carboxylic acids is 1. The SMILES string of the molecule is CCOc1cc(C(=O)/C=C/N2CCN(Cc3ccc(F)cc3)C[C@H]2C)c(N)cc1Cl. The van der Waals surface area contributed by atoms with Gasteiger partial charge >= 0.3 is 0 Å². The Kier molecular flexibility index (Phi) is 7.34. The molecule has 1 aliphatic rings. The van der Waals surface area contributed by atoms with Gasteiger partial charge in [0.05, 0.1) is 11.6 Å². The van der Waals surface area contributed by atoms with Crippen LogP contribution in [-0.4, -0.2) is 47.9 Å². The maximum absolute atomic E-state index is 13.1. The number of rotatable bonds is 7. The topological polar surface area (TPSA) is 58.8 Å². The van der Waals surface area contributed by atoms with Gasteiger partial charge in [-0.05, 0) is 43.7 Å². The normalized spacial score (nSPS) is 17.5. The monoisotopic (exact) mass is 431 g/mol. The summed E-state index contributed by atoms with van der Waals surface area (Å²) in [6.07, 6.45) is 3.37. The smallest absolute Gasteiger partial charge is 0.189 e. The molecule has 0 aliphatic carbocycles. The Morgan fingerprint density at radius 1 is 1.30 bits per heavy atom. The molecule has 7 heteroatoms. The lowest BCUT2D eigenvalue weighted by Crippen LogP contribution is -2.49. The second-order valence-corrected chi connectivity index (χ2v) is 7.84. The van der Waals surface area contributed by atoms with Crippen molar-refractivity contribution < 1.29 is 13.9 Å². The van der Waals surface area contributed by atoms with Crippen LogP contribution in [0.2, 0.25) is 5.02 Å². The van der Waals surface area contributed by atoms with Crippen LogP contribution in [0.15, 0.2) is 48.7 Å². The highest BCUT2D eigenvalue weighted by Gasteiger charge is 2.22. The number of nitrogen functional groups attached to an aromatic ring is 1. The average molecular weight is 432 g/mol. The zero-order chi connectivity index (χ0) is 21.7. The number of ketones is 1. The summed E-state index contributed by atoms with van der Waals surface area (Å²) in [6.45, 7) is 7.72. The fourth-order valence-corrected chi connectivity index (χ4v) is 3.79. The molecule has 160 valence electrons. The van der Waals surface area contributed by atoms with Crippen molar-refractivity contribution in [3.63, 3.8) is 0 Å². The van der Waals surface area contributed by atoms with Gasteiger partial charge in [-0.25, -0.2) is 4.39 Å². The number of hydrogen-bond donors (Lipinski definition) is 1. The first-order chi connectivity index (χ1) is 14.4. The van der Waals surface area contributed by atoms with Crippen LogP contribution in [0.4, 0.5) is 10.1 Å². The van der Waals surface area contributed by atoms with Crippen LogP contribution in [0.1, 0.15) is 29.8 Å². The molecule has 0 spiro atoms. The summed E-state index contributed by atoms with van der Waals surface area (Å²) in [7, 11) is 0. The standard InChI is InChI=1S/C23H27ClFN3O2/c1-3-30-23-12-19(21(26)13-20(23)24)22(29)8-9-28-11-10-27(14-16(28)2)15-17-4-6-18(25)7-5-17/h4-9,12-13,16H,3,10-11,14-15,26H2,1-2H3/b9-8+/t16-/m1/s1. The molecule has 3 rings (SSSR count). The number of hydrogen-bond acceptors (Lipinski definition) is 5. The number of nitrogens with zero attached hydrogens (tertiary/aromatic N) is 2. The summed E-state index contributed by atoms with van der Waals surface area (Å²) in [5.41, 5.74) is 7.78. The van der Waals surface area contributed by atoms with Gasteiger partial charge < -0.3 is 15.4 Å². The van der Waals surface area contributed by atoms with Crippen LogP contribution < -0.4 is 10.5 Å². The number of piperazine rings is 1. The van der Waals surface area contributed by atoms with Gasteiger partial charge in [0.2, 0.25) is 0 Å². The Bertz CT molecular complexity index is 917. The Hall–Kier alpha value is -2.57. The second kappa shape index (κ2) is 9.96. The van der Waals surface area contributed by atoms with Crippen LogP contribution in [0.25, 0.3) is 0 Å². The molecule has 1 aliphatic heterocycles. The number of ether oxygens (including phenoxy) is 1. The van der Waals surface area contributed by atoms with Crippen LogP contribution in [0.3, 0.4) is 0 Å². The molecule has 1 saturated heterocycles. The van der Waals surface area contributed by atoms with Gasteiger partial charge in [-0.15, -0.1) is 0 Å². The Labute approximate surface area is 181 Å². The summed E-state index contributed by atoms with van der Waals surface area (Å²) in [6, 6.07) is 9.99. The summed E-state index contributed by atoms with van der Waals surface area (Å²) in [5.74, 6) is 0.0420. The quantitative estimate of drug-likeness (QED) is 0.401. The molecule has 0 aromatic heterocycles. The van der Waals surface area contributed by atoms with E-state index in [9.17, 15) is 9.18 Å². The first-order valence-electron chi connectivity index (χ1n) is 10.0. The number of carbonyl (C=O) groups is 1. The number of allylic oxidation sites excluding steroid dienone is 1. The minimum atomic E-state index is -0.221. The van der Waals surface area contributed by atoms with Crippen molar-refractivity contribution in [1.82, 2.24) is 9.80 Å². The minimum absolute atomic E-state index is 0.189. The van der Waals surface area contributed by atoms with E-state index in [1.54, 1.807) is 18.2 Å². The van der Waals surface area contributed by atoms with Gasteiger partial charge in [0.1, 0.15) is 11.6 Å². The van der Waals surface area contributed by atoms with Crippen molar-refractivity contribution >= 4 is 23.1 Å². The predicted molar refractivity (Wildman–Crippen MR) is 118 cm³/mol. The fourth-order valence-electron chi connectivity index (χ4n) is 3.56. The zero-order valence-corrected chi connectivity index (χ0v) is 18.0. The van der Waals surface area contributed by atoms with Crippen LogP contribution in [-0.2, 0) is 6.54 Å². The van der Waals surface area contributed by atoms with E-state index in [0.717, 1.165) is 31.7 Å². The van der Waals surface area contributed by atoms with Crippen LogP contribution in [0.5, 0.6) is 5.75 Å². The molecule has 0 bridgehead atoms. The molecule has 0 radical (unpaired) electrons. The molecule has 5 nitrogen and oxygen atoms in total. The number of halogens is 2. The molecule has 30 heavy (non-hydrogen) atoms. The summed E-state index contributed by atoms with van der Waals surface area (Å²) >= 11 is 6.12. The Morgan fingerprint density at radius 2 is 2.03 bits per heavy atom. The zero-order valence-electron chi connectivity index (χ0n) is 17.3. The van der Waals surface area contributed by atoms with E-state index in [0.29, 0.717) is 28.6 Å². The van der Waals surface area contributed by atoms with Gasteiger partial charge in [0.15, 0.2) is 5.78 Å². The van der Waals surface area contributed by atoms with E-state index in [-0.39, 0.29) is 17.6 Å². The van der Waals surface area contributed by atoms with Crippen molar-refractivity contribution in [2.75, 3.05) is 32.0 Å². The number of anilines is 1. The van der Waals surface area contributed by atoms with E-state index < -0.39 is 0 Å². The third-order valence-corrected chi connectivity index (χ3v) is 5.46. The van der Waals surface area contributed by atoms with E-state index in [1.165, 1.54) is 12.1 Å². The summed E-state index contributed by atoms with van der Waals surface area (Å²) < 4.78 is 18.5. The molecular weight excluding hydrogens is 405 g/mol. The lowest BCUT2D eigenvalue weighted by atomic mass is 10.1. The van der Waals surface area contributed by atoms with Crippen molar-refractivity contribution in [2.24, 2.45) is 0 Å². The highest BCUT2D eigenvalue weighted by Crippen LogP contribution is 2.30. The largest absolute Gasteiger partial charge is 0.492 e. The van der Waals surface area contributed by atoms with Gasteiger partial charge in [-0.2, -0.15) is 0 Å². The average Bonchev–Trinajstić information content (AvgIpc) is 2.71. The van der Waals surface area contributed by atoms with E-state index in [2.05, 4.69) is 16.7 Å². The summed E-state index contributed by atoms with van der Waals surface area (Å²) in [5, 5.41) is 0.390. The Morgan fingerprint density at radius 3 is 2.70 bits per heavy atom. The molecule has 1 fully saturated rings. The number of nitrogens with two attached hydrogens (primary N) is 1. The van der Waals surface area contributed by atoms with Gasteiger partial charge in [0.25, 0.3) is 0 Å². The molecule has 2 N–H and O–H groups in total. The number of benzene rings is 2. The fraction of sp³-hybridized carbons (Fsp3) is 0.348. The highest BCUT2D eigenvalue weighted by atomic mass is 35.5. The van der Waals surface area contributed by atoms with Crippen molar-refractivity contribution in [3.8, 4) is 5.75 Å². The van der Waals surface area contributed by atoms with Crippen molar-refractivity contribution in [2.45, 2.75) is 26.4 Å². The molecule has 0 unspecified atom stereocenters. The first-order valence-corrected chi connectivity index (χ1v) is 10.4. The molecule has 1 atom stereocenters. The van der Waals surface area contributed by atoms with Crippen LogP contribution in [0, 0.1) is 5.82 Å². The first kappa shape index (κ1) is 22.1. The second-order valence-electron chi connectivity index (χ2n) is 7.43. The van der Waals surface area contributed by atoms with E-state index in [1.807, 2.05) is 25.3 Å². The van der Waals surface area contributed by atoms with Crippen molar-refractivity contribution in [1.29, 1.82) is 0 Å². The maximum Gasteiger partial charge on any atom is 0.189 e. The summed E-state index contributed by atoms with van der Waals surface area (Å²) in [4.78, 5) is 17.2. The van der Waals surface area contributed by atoms with E-state index in [4.69, 9.17) is 22.1 Å². The highest BCUT2D eigenvalue weighted by molar-refractivity contribution is 6.32. The molecule has 0 saturated carbocycles. The van der Waals surface area contributed by atoms with Gasteiger partial charge in [-0.3, -0.25) is 9.69 Å². The third kappa shape index (κ3) is 5.52. The molecular formula is C23H27ClFN3O2. The van der Waals surface area contributed by atoms with E-state index >= 15 is 0 Å². The van der Waals surface area contributed by atoms with Crippen LogP contribution >= 0.6 is 11.6 Å². The van der Waals surface area contributed by atoms with Gasteiger partial charge in [0, 0.05) is 55.7 Å². The third-order valence-electron chi connectivity index (χ3n) is 5.17. The van der Waals surface area contributed by atoms with Crippen molar-refractivity contribution in [3.05, 3.63) is 70.6 Å². The minimum Gasteiger partial charge on any atom is -0.492 e. The predicted octanol–water partition coefficient (Wildman–Crippen LogP) is 4.36. The van der Waals surface area contributed by atoms with Gasteiger partial charge in [-0.1, -0.05) is 23.7 Å². The molecule has 2 aromatic rings. The molecule has 2 aromatic carbocycles. The lowest BCUT2D eigenvalue weighted by Gasteiger charge is -2.39.